The van der Waals surface area contributed by atoms with Crippen molar-refractivity contribution in [3.05, 3.63) is 42.5 Å². The van der Waals surface area contributed by atoms with Crippen LogP contribution in [0.3, 0.4) is 0 Å². The van der Waals surface area contributed by atoms with Crippen LogP contribution in [0.1, 0.15) is 18.9 Å². The molecule has 1 aliphatic heterocycles. The van der Waals surface area contributed by atoms with Crippen molar-refractivity contribution in [1.82, 2.24) is 20.1 Å². The van der Waals surface area contributed by atoms with Crippen LogP contribution < -0.4 is 10.2 Å². The third kappa shape index (κ3) is 3.27. The number of anilines is 1. The maximum Gasteiger partial charge on any atom is 0.221 e. The normalized spacial score (nSPS) is 14.7. The number of fused-ring (bicyclic) bond motifs is 1. The fourth-order valence-electron chi connectivity index (χ4n) is 2.85. The minimum absolute atomic E-state index is 0.0508. The SMILES string of the molecule is C[C@H](CNC(=O)CCn1cncn1)N1CCc2ccccc21. The van der Waals surface area contributed by atoms with E-state index in [1.807, 2.05) is 0 Å². The van der Waals surface area contributed by atoms with Gasteiger partial charge in [-0.3, -0.25) is 9.48 Å². The first-order valence-corrected chi connectivity index (χ1v) is 7.67. The van der Waals surface area contributed by atoms with Crippen LogP contribution in [0.15, 0.2) is 36.9 Å². The van der Waals surface area contributed by atoms with Crippen molar-refractivity contribution in [2.45, 2.75) is 32.4 Å². The smallest absolute Gasteiger partial charge is 0.221 e. The molecule has 3 rings (SSSR count). The predicted octanol–water partition coefficient (Wildman–Crippen LogP) is 1.24. The van der Waals surface area contributed by atoms with E-state index in [4.69, 9.17) is 0 Å². The molecule has 6 nitrogen and oxygen atoms in total. The van der Waals surface area contributed by atoms with Gasteiger partial charge < -0.3 is 10.2 Å². The van der Waals surface area contributed by atoms with Crippen LogP contribution in [0.5, 0.6) is 0 Å². The van der Waals surface area contributed by atoms with E-state index in [-0.39, 0.29) is 5.91 Å². The highest BCUT2D eigenvalue weighted by molar-refractivity contribution is 5.75. The average molecular weight is 299 g/mol. The maximum absolute atomic E-state index is 11.9. The first kappa shape index (κ1) is 14.6. The second-order valence-electron chi connectivity index (χ2n) is 5.63. The Labute approximate surface area is 130 Å². The van der Waals surface area contributed by atoms with Gasteiger partial charge in [-0.25, -0.2) is 4.98 Å². The summed E-state index contributed by atoms with van der Waals surface area (Å²) in [7, 11) is 0. The van der Waals surface area contributed by atoms with Crippen molar-refractivity contribution in [3.63, 3.8) is 0 Å². The van der Waals surface area contributed by atoms with Crippen LogP contribution >= 0.6 is 0 Å². The molecular formula is C16H21N5O. The lowest BCUT2D eigenvalue weighted by Crippen LogP contribution is -2.41. The second-order valence-corrected chi connectivity index (χ2v) is 5.63. The van der Waals surface area contributed by atoms with Crippen LogP contribution in [0.2, 0.25) is 0 Å². The van der Waals surface area contributed by atoms with Gasteiger partial charge in [-0.2, -0.15) is 5.10 Å². The van der Waals surface area contributed by atoms with E-state index >= 15 is 0 Å². The summed E-state index contributed by atoms with van der Waals surface area (Å²) in [5, 5.41) is 7.00. The molecule has 1 N–H and O–H groups in total. The molecule has 1 aliphatic rings. The number of nitrogens with one attached hydrogen (secondary N) is 1. The molecule has 1 aromatic heterocycles. The number of para-hydroxylation sites is 1. The Morgan fingerprint density at radius 2 is 2.27 bits per heavy atom. The number of benzene rings is 1. The van der Waals surface area contributed by atoms with Crippen molar-refractivity contribution in [1.29, 1.82) is 0 Å². The summed E-state index contributed by atoms with van der Waals surface area (Å²) in [5.74, 6) is 0.0508. The highest BCUT2D eigenvalue weighted by Crippen LogP contribution is 2.28. The van der Waals surface area contributed by atoms with Gasteiger partial charge in [-0.05, 0) is 25.0 Å². The standard InChI is InChI=1S/C16H21N5O/c1-13(21-9-6-14-4-2-3-5-15(14)21)10-18-16(22)7-8-20-12-17-11-19-20/h2-5,11-13H,6-10H2,1H3,(H,18,22)/t13-/m1/s1. The van der Waals surface area contributed by atoms with E-state index in [1.54, 1.807) is 11.0 Å². The highest BCUT2D eigenvalue weighted by atomic mass is 16.1. The molecule has 0 saturated heterocycles. The van der Waals surface area contributed by atoms with Crippen molar-refractivity contribution in [2.75, 3.05) is 18.0 Å². The minimum Gasteiger partial charge on any atom is -0.366 e. The van der Waals surface area contributed by atoms with Gasteiger partial charge in [0.1, 0.15) is 12.7 Å². The van der Waals surface area contributed by atoms with Gasteiger partial charge in [-0.1, -0.05) is 18.2 Å². The Hall–Kier alpha value is -2.37. The zero-order chi connectivity index (χ0) is 15.4. The number of hydrogen-bond donors (Lipinski definition) is 1. The van der Waals surface area contributed by atoms with Gasteiger partial charge >= 0.3 is 0 Å². The molecule has 0 bridgehead atoms. The molecule has 22 heavy (non-hydrogen) atoms. The topological polar surface area (TPSA) is 63.1 Å². The van der Waals surface area contributed by atoms with Gasteiger partial charge in [0.2, 0.25) is 5.91 Å². The van der Waals surface area contributed by atoms with Gasteiger partial charge in [-0.15, -0.1) is 0 Å². The number of hydrogen-bond acceptors (Lipinski definition) is 4. The molecule has 2 aromatic rings. The van der Waals surface area contributed by atoms with E-state index in [0.717, 1.165) is 13.0 Å². The Morgan fingerprint density at radius 3 is 3.09 bits per heavy atom. The zero-order valence-electron chi connectivity index (χ0n) is 12.8. The van der Waals surface area contributed by atoms with E-state index in [0.29, 0.717) is 25.6 Å². The third-order valence-electron chi connectivity index (χ3n) is 4.08. The van der Waals surface area contributed by atoms with Gasteiger partial charge in [0.05, 0.1) is 6.54 Å². The second kappa shape index (κ2) is 6.60. The first-order chi connectivity index (χ1) is 10.7. The van der Waals surface area contributed by atoms with Crippen molar-refractivity contribution < 1.29 is 4.79 Å². The van der Waals surface area contributed by atoms with Crippen LogP contribution in [0.25, 0.3) is 0 Å². The summed E-state index contributed by atoms with van der Waals surface area (Å²) >= 11 is 0. The zero-order valence-corrected chi connectivity index (χ0v) is 12.8. The van der Waals surface area contributed by atoms with Gasteiger partial charge in [0, 0.05) is 31.2 Å². The molecule has 0 aliphatic carbocycles. The summed E-state index contributed by atoms with van der Waals surface area (Å²) in [6.07, 6.45) is 4.61. The molecule has 0 radical (unpaired) electrons. The Balaban J connectivity index is 1.46. The molecular weight excluding hydrogens is 278 g/mol. The minimum atomic E-state index is 0.0508. The van der Waals surface area contributed by atoms with E-state index in [9.17, 15) is 4.79 Å². The molecule has 6 heteroatoms. The predicted molar refractivity (Wildman–Crippen MR) is 84.6 cm³/mol. The number of rotatable bonds is 6. The molecule has 2 heterocycles. The number of aryl methyl sites for hydroxylation is 1. The van der Waals surface area contributed by atoms with E-state index < -0.39 is 0 Å². The van der Waals surface area contributed by atoms with Gasteiger partial charge in [0.15, 0.2) is 0 Å². The number of amides is 1. The lowest BCUT2D eigenvalue weighted by molar-refractivity contribution is -0.121. The van der Waals surface area contributed by atoms with Crippen molar-refractivity contribution in [2.24, 2.45) is 0 Å². The Morgan fingerprint density at radius 1 is 1.41 bits per heavy atom. The molecule has 116 valence electrons. The summed E-state index contributed by atoms with van der Waals surface area (Å²) in [6, 6.07) is 8.78. The van der Waals surface area contributed by atoms with E-state index in [2.05, 4.69) is 51.5 Å². The monoisotopic (exact) mass is 299 g/mol. The number of aromatic nitrogens is 3. The summed E-state index contributed by atoms with van der Waals surface area (Å²) in [5.41, 5.74) is 2.69. The van der Waals surface area contributed by atoms with Crippen molar-refractivity contribution in [3.8, 4) is 0 Å². The van der Waals surface area contributed by atoms with Crippen molar-refractivity contribution >= 4 is 11.6 Å². The molecule has 1 atom stereocenters. The quantitative estimate of drug-likeness (QED) is 0.871. The molecule has 0 fully saturated rings. The van der Waals surface area contributed by atoms with Crippen LogP contribution in [0.4, 0.5) is 5.69 Å². The molecule has 0 unspecified atom stereocenters. The molecule has 1 amide bonds. The van der Waals surface area contributed by atoms with Crippen LogP contribution in [-0.4, -0.2) is 39.8 Å². The number of nitrogens with zero attached hydrogens (tertiary/aromatic N) is 4. The summed E-state index contributed by atoms with van der Waals surface area (Å²) in [6.45, 7) is 4.40. The molecule has 0 spiro atoms. The van der Waals surface area contributed by atoms with Gasteiger partial charge in [0.25, 0.3) is 0 Å². The Kier molecular flexibility index (Phi) is 4.37. The van der Waals surface area contributed by atoms with E-state index in [1.165, 1.54) is 17.6 Å². The summed E-state index contributed by atoms with van der Waals surface area (Å²) < 4.78 is 1.67. The van der Waals surface area contributed by atoms with Crippen LogP contribution in [-0.2, 0) is 17.8 Å². The fraction of sp³-hybridized carbons (Fsp3) is 0.438. The first-order valence-electron chi connectivity index (χ1n) is 7.67. The third-order valence-corrected chi connectivity index (χ3v) is 4.08. The molecule has 0 saturated carbocycles. The lowest BCUT2D eigenvalue weighted by atomic mass is 10.2. The largest absolute Gasteiger partial charge is 0.366 e. The highest BCUT2D eigenvalue weighted by Gasteiger charge is 2.22. The summed E-state index contributed by atoms with van der Waals surface area (Å²) in [4.78, 5) is 18.1. The molecule has 1 aromatic carbocycles. The maximum atomic E-state index is 11.9. The number of carbonyl (C=O) groups is 1. The lowest BCUT2D eigenvalue weighted by Gasteiger charge is -2.27. The van der Waals surface area contributed by atoms with Crippen LogP contribution in [0, 0.1) is 0 Å². The Bertz CT molecular complexity index is 625. The number of carbonyl (C=O) groups excluding carboxylic acids is 1. The fourth-order valence-corrected chi connectivity index (χ4v) is 2.85. The average Bonchev–Trinajstić information content (AvgIpc) is 3.19.